The number of phenols is 1. The predicted molar refractivity (Wildman–Crippen MR) is 78.4 cm³/mol. The minimum atomic E-state index is -1.56. The van der Waals surface area contributed by atoms with Gasteiger partial charge in [0.15, 0.2) is 11.6 Å². The molecule has 2 unspecified atom stereocenters. The summed E-state index contributed by atoms with van der Waals surface area (Å²) in [5, 5.41) is 29.8. The number of allylic oxidation sites excluding steroid dienone is 1. The van der Waals surface area contributed by atoms with Crippen molar-refractivity contribution in [3.8, 4) is 5.75 Å². The Morgan fingerprint density at radius 2 is 1.71 bits per heavy atom. The Bertz CT molecular complexity index is 548. The van der Waals surface area contributed by atoms with E-state index in [1.807, 2.05) is 6.08 Å². The lowest BCUT2D eigenvalue weighted by atomic mass is 9.88. The zero-order valence-corrected chi connectivity index (χ0v) is 12.1. The predicted octanol–water partition coefficient (Wildman–Crippen LogP) is 1.80. The van der Waals surface area contributed by atoms with Crippen LogP contribution in [0.1, 0.15) is 18.4 Å². The molecule has 5 heteroatoms. The van der Waals surface area contributed by atoms with Gasteiger partial charge in [-0.3, -0.25) is 0 Å². The van der Waals surface area contributed by atoms with Crippen LogP contribution in [0.25, 0.3) is 6.08 Å². The third-order valence-corrected chi connectivity index (χ3v) is 3.54. The monoisotopic (exact) mass is 292 g/mol. The van der Waals surface area contributed by atoms with Gasteiger partial charge in [-0.1, -0.05) is 24.3 Å². The van der Waals surface area contributed by atoms with Gasteiger partial charge in [0.05, 0.1) is 6.42 Å². The minimum absolute atomic E-state index is 0.0520. The Morgan fingerprint density at radius 1 is 1.05 bits per heavy atom. The molecule has 2 rings (SSSR count). The molecule has 0 amide bonds. The molecule has 2 atom stereocenters. The molecule has 1 aromatic rings. The number of hydrogen-bond donors (Lipinski definition) is 3. The van der Waals surface area contributed by atoms with Gasteiger partial charge in [-0.25, -0.2) is 0 Å². The van der Waals surface area contributed by atoms with E-state index in [9.17, 15) is 15.3 Å². The molecule has 1 aliphatic carbocycles. The fraction of sp³-hybridized carbons (Fsp3) is 0.375. The second kappa shape index (κ2) is 5.99. The lowest BCUT2D eigenvalue weighted by molar-refractivity contribution is -0.262. The van der Waals surface area contributed by atoms with Crippen molar-refractivity contribution in [2.75, 3.05) is 14.2 Å². The molecule has 1 aromatic carbocycles. The average Bonchev–Trinajstić information content (AvgIpc) is 2.46. The van der Waals surface area contributed by atoms with E-state index in [4.69, 9.17) is 9.47 Å². The molecule has 0 aromatic heterocycles. The van der Waals surface area contributed by atoms with Gasteiger partial charge >= 0.3 is 0 Å². The van der Waals surface area contributed by atoms with Crippen LogP contribution in [0.4, 0.5) is 0 Å². The normalized spacial score (nSPS) is 29.6. The first kappa shape index (κ1) is 15.7. The number of aromatic hydroxyl groups is 1. The van der Waals surface area contributed by atoms with E-state index in [0.717, 1.165) is 5.56 Å². The van der Waals surface area contributed by atoms with Gasteiger partial charge in [-0.05, 0) is 29.3 Å². The maximum Gasteiger partial charge on any atom is 0.190 e. The molecule has 0 spiro atoms. The largest absolute Gasteiger partial charge is 0.508 e. The van der Waals surface area contributed by atoms with Crippen molar-refractivity contribution < 1.29 is 24.8 Å². The number of hydrogen-bond acceptors (Lipinski definition) is 5. The highest BCUT2D eigenvalue weighted by molar-refractivity contribution is 5.54. The molecule has 1 aliphatic rings. The summed E-state index contributed by atoms with van der Waals surface area (Å²) in [6, 6.07) is 6.71. The highest BCUT2D eigenvalue weighted by atomic mass is 16.6. The van der Waals surface area contributed by atoms with E-state index in [1.165, 1.54) is 14.2 Å². The highest BCUT2D eigenvalue weighted by Crippen LogP contribution is 2.36. The van der Waals surface area contributed by atoms with Crippen molar-refractivity contribution in [2.45, 2.75) is 24.4 Å². The van der Waals surface area contributed by atoms with Crippen LogP contribution in [-0.2, 0) is 9.47 Å². The third-order valence-electron chi connectivity index (χ3n) is 3.54. The van der Waals surface area contributed by atoms with Crippen molar-refractivity contribution in [3.05, 3.63) is 47.6 Å². The Morgan fingerprint density at radius 3 is 2.29 bits per heavy atom. The van der Waals surface area contributed by atoms with E-state index in [0.29, 0.717) is 5.57 Å². The van der Waals surface area contributed by atoms with Gasteiger partial charge in [0, 0.05) is 20.6 Å². The maximum absolute atomic E-state index is 10.3. The summed E-state index contributed by atoms with van der Waals surface area (Å²) in [5.41, 5.74) is 1.59. The molecule has 5 nitrogen and oxygen atoms in total. The quantitative estimate of drug-likeness (QED) is 0.737. The summed E-state index contributed by atoms with van der Waals surface area (Å²) in [7, 11) is 2.77. The smallest absolute Gasteiger partial charge is 0.190 e. The number of rotatable bonds is 4. The first-order valence-electron chi connectivity index (χ1n) is 6.62. The first-order chi connectivity index (χ1) is 9.88. The second-order valence-electron chi connectivity index (χ2n) is 5.20. The summed E-state index contributed by atoms with van der Waals surface area (Å²) >= 11 is 0. The van der Waals surface area contributed by atoms with E-state index in [1.54, 1.807) is 36.4 Å². The van der Waals surface area contributed by atoms with Crippen LogP contribution in [0, 0.1) is 0 Å². The lowest BCUT2D eigenvalue weighted by Crippen LogP contribution is -2.46. The molecular formula is C16H20O5. The van der Waals surface area contributed by atoms with Gasteiger partial charge in [0.25, 0.3) is 0 Å². The molecule has 0 aliphatic heterocycles. The standard InChI is InChI=1S/C16H20O5/c1-20-15(18)9-13(10-16(19,11-15)21-2)4-3-12-5-7-14(17)8-6-12/h3-9,17-19H,10-11H2,1-2H3. The topological polar surface area (TPSA) is 79.2 Å². The van der Waals surface area contributed by atoms with E-state index >= 15 is 0 Å². The maximum atomic E-state index is 10.3. The van der Waals surface area contributed by atoms with Crippen molar-refractivity contribution in [2.24, 2.45) is 0 Å². The van der Waals surface area contributed by atoms with Crippen LogP contribution in [0.5, 0.6) is 5.75 Å². The summed E-state index contributed by atoms with van der Waals surface area (Å²) in [6.45, 7) is 0. The molecule has 0 fully saturated rings. The van der Waals surface area contributed by atoms with Crippen molar-refractivity contribution in [1.29, 1.82) is 0 Å². The van der Waals surface area contributed by atoms with Crippen molar-refractivity contribution in [3.63, 3.8) is 0 Å². The van der Waals surface area contributed by atoms with Gasteiger partial charge in [-0.15, -0.1) is 0 Å². The molecule has 114 valence electrons. The van der Waals surface area contributed by atoms with Crippen LogP contribution >= 0.6 is 0 Å². The van der Waals surface area contributed by atoms with E-state index in [-0.39, 0.29) is 18.6 Å². The summed E-state index contributed by atoms with van der Waals surface area (Å²) in [5.74, 6) is -2.82. The van der Waals surface area contributed by atoms with Crippen LogP contribution in [-0.4, -0.2) is 41.1 Å². The zero-order chi connectivity index (χ0) is 15.5. The molecule has 0 radical (unpaired) electrons. The summed E-state index contributed by atoms with van der Waals surface area (Å²) in [6.07, 6.45) is 5.37. The van der Waals surface area contributed by atoms with Crippen molar-refractivity contribution in [1.82, 2.24) is 0 Å². The molecule has 0 heterocycles. The lowest BCUT2D eigenvalue weighted by Gasteiger charge is -2.38. The number of benzene rings is 1. The summed E-state index contributed by atoms with van der Waals surface area (Å²) in [4.78, 5) is 0. The minimum Gasteiger partial charge on any atom is -0.508 e. The van der Waals surface area contributed by atoms with Gasteiger partial charge in [-0.2, -0.15) is 0 Å². The molecule has 0 saturated heterocycles. The number of aliphatic hydroxyl groups is 2. The first-order valence-corrected chi connectivity index (χ1v) is 6.62. The third kappa shape index (κ3) is 3.92. The molecule has 0 bridgehead atoms. The fourth-order valence-electron chi connectivity index (χ4n) is 2.34. The van der Waals surface area contributed by atoms with Gasteiger partial charge in [0.1, 0.15) is 5.75 Å². The van der Waals surface area contributed by atoms with Crippen molar-refractivity contribution >= 4 is 6.08 Å². The Balaban J connectivity index is 2.23. The van der Waals surface area contributed by atoms with Gasteiger partial charge < -0.3 is 24.8 Å². The Hall–Kier alpha value is -1.66. The molecular weight excluding hydrogens is 272 g/mol. The summed E-state index contributed by atoms with van der Waals surface area (Å²) < 4.78 is 10.1. The fourth-order valence-corrected chi connectivity index (χ4v) is 2.34. The van der Waals surface area contributed by atoms with Crippen LogP contribution < -0.4 is 0 Å². The zero-order valence-electron chi connectivity index (χ0n) is 12.1. The average molecular weight is 292 g/mol. The second-order valence-corrected chi connectivity index (χ2v) is 5.20. The van der Waals surface area contributed by atoms with E-state index < -0.39 is 11.6 Å². The van der Waals surface area contributed by atoms with Gasteiger partial charge in [0.2, 0.25) is 0 Å². The van der Waals surface area contributed by atoms with Crippen LogP contribution in [0.3, 0.4) is 0 Å². The Labute approximate surface area is 123 Å². The highest BCUT2D eigenvalue weighted by Gasteiger charge is 2.42. The SMILES string of the molecule is COC1(O)C=C(C=Cc2ccc(O)cc2)CC(O)(OC)C1. The Kier molecular flexibility index (Phi) is 4.49. The van der Waals surface area contributed by atoms with Crippen LogP contribution in [0.2, 0.25) is 0 Å². The molecule has 0 saturated carbocycles. The molecule has 21 heavy (non-hydrogen) atoms. The number of phenolic OH excluding ortho intramolecular Hbond substituents is 1. The number of ether oxygens (including phenoxy) is 2. The van der Waals surface area contributed by atoms with Crippen LogP contribution in [0.15, 0.2) is 42.0 Å². The van der Waals surface area contributed by atoms with E-state index in [2.05, 4.69) is 0 Å². The number of methoxy groups -OCH3 is 2. The molecule has 3 N–H and O–H groups in total.